The Hall–Kier alpha value is -2.82. The molecule has 0 atom stereocenters. The number of hydrogen-bond donors (Lipinski definition) is 1. The lowest BCUT2D eigenvalue weighted by molar-refractivity contribution is -0.134. The van der Waals surface area contributed by atoms with E-state index >= 15 is 0 Å². The summed E-state index contributed by atoms with van der Waals surface area (Å²) in [5.74, 6) is -1.21. The van der Waals surface area contributed by atoms with Crippen molar-refractivity contribution in [2.45, 2.75) is 13.8 Å². The zero-order valence-electron chi connectivity index (χ0n) is 14.5. The van der Waals surface area contributed by atoms with Crippen LogP contribution in [0.5, 0.6) is 0 Å². The molecule has 126 valence electrons. The number of nitrogens with zero attached hydrogens (tertiary/aromatic N) is 2. The third kappa shape index (κ3) is 4.13. The van der Waals surface area contributed by atoms with Crippen LogP contribution in [0.15, 0.2) is 48.5 Å². The van der Waals surface area contributed by atoms with Crippen molar-refractivity contribution in [3.05, 3.63) is 54.1 Å². The lowest BCUT2D eigenvalue weighted by Gasteiger charge is -2.21. The second-order valence-electron chi connectivity index (χ2n) is 5.78. The SMILES string of the molecule is CCN(C(=O)C(=O)Nc1ccc(N(C)C)cc1)c1cccc(C)c1. The molecular weight excluding hydrogens is 302 g/mol. The minimum absolute atomic E-state index is 0.426. The van der Waals surface area contributed by atoms with E-state index in [2.05, 4.69) is 5.32 Å². The first-order chi connectivity index (χ1) is 11.4. The third-order valence-electron chi connectivity index (χ3n) is 3.71. The summed E-state index contributed by atoms with van der Waals surface area (Å²) in [5.41, 5.74) is 3.38. The average molecular weight is 325 g/mol. The van der Waals surface area contributed by atoms with Crippen molar-refractivity contribution in [1.29, 1.82) is 0 Å². The maximum Gasteiger partial charge on any atom is 0.316 e. The Bertz CT molecular complexity index is 724. The largest absolute Gasteiger partial charge is 0.378 e. The van der Waals surface area contributed by atoms with E-state index in [1.165, 1.54) is 4.90 Å². The molecular formula is C19H23N3O2. The highest BCUT2D eigenvalue weighted by Crippen LogP contribution is 2.18. The molecule has 0 fully saturated rings. The fourth-order valence-corrected chi connectivity index (χ4v) is 2.39. The molecule has 0 radical (unpaired) electrons. The minimum Gasteiger partial charge on any atom is -0.378 e. The van der Waals surface area contributed by atoms with Crippen molar-refractivity contribution in [2.24, 2.45) is 0 Å². The van der Waals surface area contributed by atoms with Crippen LogP contribution in [0.25, 0.3) is 0 Å². The quantitative estimate of drug-likeness (QED) is 0.879. The molecule has 0 aliphatic carbocycles. The van der Waals surface area contributed by atoms with E-state index in [0.717, 1.165) is 16.9 Å². The van der Waals surface area contributed by atoms with E-state index in [1.54, 1.807) is 12.1 Å². The van der Waals surface area contributed by atoms with Gasteiger partial charge in [-0.05, 0) is 55.8 Å². The van der Waals surface area contributed by atoms with Gasteiger partial charge in [0, 0.05) is 37.7 Å². The Morgan fingerprint density at radius 1 is 1.00 bits per heavy atom. The van der Waals surface area contributed by atoms with Gasteiger partial charge in [0.25, 0.3) is 0 Å². The molecule has 1 N–H and O–H groups in total. The van der Waals surface area contributed by atoms with Crippen LogP contribution >= 0.6 is 0 Å². The molecule has 2 aromatic carbocycles. The molecule has 0 aliphatic rings. The average Bonchev–Trinajstić information content (AvgIpc) is 2.56. The lowest BCUT2D eigenvalue weighted by atomic mass is 10.2. The molecule has 0 spiro atoms. The Morgan fingerprint density at radius 3 is 2.21 bits per heavy atom. The number of likely N-dealkylation sites (N-methyl/N-ethyl adjacent to an activating group) is 1. The van der Waals surface area contributed by atoms with Crippen LogP contribution in [0, 0.1) is 6.92 Å². The Balaban J connectivity index is 2.11. The number of anilines is 3. The highest BCUT2D eigenvalue weighted by molar-refractivity contribution is 6.44. The van der Waals surface area contributed by atoms with Gasteiger partial charge in [-0.1, -0.05) is 12.1 Å². The van der Waals surface area contributed by atoms with E-state index in [-0.39, 0.29) is 0 Å². The van der Waals surface area contributed by atoms with Gasteiger partial charge in [0.2, 0.25) is 0 Å². The maximum absolute atomic E-state index is 12.5. The predicted molar refractivity (Wildman–Crippen MR) is 98.6 cm³/mol. The van der Waals surface area contributed by atoms with Crippen molar-refractivity contribution < 1.29 is 9.59 Å². The van der Waals surface area contributed by atoms with Crippen molar-refractivity contribution in [3.8, 4) is 0 Å². The number of amides is 2. The summed E-state index contributed by atoms with van der Waals surface area (Å²) < 4.78 is 0. The summed E-state index contributed by atoms with van der Waals surface area (Å²) >= 11 is 0. The van der Waals surface area contributed by atoms with E-state index < -0.39 is 11.8 Å². The smallest absolute Gasteiger partial charge is 0.316 e. The molecule has 2 rings (SSSR count). The second kappa shape index (κ2) is 7.64. The number of nitrogens with one attached hydrogen (secondary N) is 1. The first-order valence-corrected chi connectivity index (χ1v) is 7.89. The second-order valence-corrected chi connectivity index (χ2v) is 5.78. The molecule has 0 saturated carbocycles. The fraction of sp³-hybridized carbons (Fsp3) is 0.263. The van der Waals surface area contributed by atoms with Gasteiger partial charge >= 0.3 is 11.8 Å². The molecule has 2 aromatic rings. The van der Waals surface area contributed by atoms with Crippen LogP contribution in [-0.2, 0) is 9.59 Å². The first-order valence-electron chi connectivity index (χ1n) is 7.89. The third-order valence-corrected chi connectivity index (χ3v) is 3.71. The lowest BCUT2D eigenvalue weighted by Crippen LogP contribution is -2.39. The van der Waals surface area contributed by atoms with Gasteiger partial charge in [0.1, 0.15) is 0 Å². The Morgan fingerprint density at radius 2 is 1.67 bits per heavy atom. The van der Waals surface area contributed by atoms with Gasteiger partial charge in [-0.15, -0.1) is 0 Å². The van der Waals surface area contributed by atoms with Gasteiger partial charge in [-0.25, -0.2) is 0 Å². The van der Waals surface area contributed by atoms with Gasteiger partial charge in [0.15, 0.2) is 0 Å². The number of carbonyl (C=O) groups excluding carboxylic acids is 2. The predicted octanol–water partition coefficient (Wildman–Crippen LogP) is 3.05. The van der Waals surface area contributed by atoms with E-state index in [1.807, 2.05) is 69.2 Å². The first kappa shape index (κ1) is 17.5. The summed E-state index contributed by atoms with van der Waals surface area (Å²) in [7, 11) is 3.89. The fourth-order valence-electron chi connectivity index (χ4n) is 2.39. The number of hydrogen-bond acceptors (Lipinski definition) is 3. The molecule has 0 aromatic heterocycles. The van der Waals surface area contributed by atoms with E-state index in [0.29, 0.717) is 12.2 Å². The summed E-state index contributed by atoms with van der Waals surface area (Å²) in [6.45, 7) is 4.23. The van der Waals surface area contributed by atoms with Crippen molar-refractivity contribution in [1.82, 2.24) is 0 Å². The Kier molecular flexibility index (Phi) is 5.58. The molecule has 0 unspecified atom stereocenters. The highest BCUT2D eigenvalue weighted by atomic mass is 16.2. The molecule has 24 heavy (non-hydrogen) atoms. The normalized spacial score (nSPS) is 10.2. The molecule has 0 aliphatic heterocycles. The summed E-state index contributed by atoms with van der Waals surface area (Å²) in [4.78, 5) is 28.2. The number of rotatable bonds is 4. The van der Waals surface area contributed by atoms with Crippen LogP contribution in [0.1, 0.15) is 12.5 Å². The molecule has 0 heterocycles. The van der Waals surface area contributed by atoms with E-state index in [9.17, 15) is 9.59 Å². The van der Waals surface area contributed by atoms with Gasteiger partial charge < -0.3 is 15.1 Å². The van der Waals surface area contributed by atoms with Crippen LogP contribution in [0.2, 0.25) is 0 Å². The topological polar surface area (TPSA) is 52.7 Å². The molecule has 5 heteroatoms. The van der Waals surface area contributed by atoms with Crippen molar-refractivity contribution >= 4 is 28.9 Å². The molecule has 0 saturated heterocycles. The van der Waals surface area contributed by atoms with Gasteiger partial charge in [0.05, 0.1) is 0 Å². The van der Waals surface area contributed by atoms with E-state index in [4.69, 9.17) is 0 Å². The maximum atomic E-state index is 12.5. The van der Waals surface area contributed by atoms with Crippen LogP contribution in [0.3, 0.4) is 0 Å². The van der Waals surface area contributed by atoms with Crippen molar-refractivity contribution in [3.63, 3.8) is 0 Å². The zero-order valence-corrected chi connectivity index (χ0v) is 14.5. The van der Waals surface area contributed by atoms with Gasteiger partial charge in [-0.2, -0.15) is 0 Å². The van der Waals surface area contributed by atoms with Crippen LogP contribution in [-0.4, -0.2) is 32.5 Å². The van der Waals surface area contributed by atoms with Crippen molar-refractivity contribution in [2.75, 3.05) is 35.8 Å². The number of benzene rings is 2. The summed E-state index contributed by atoms with van der Waals surface area (Å²) in [6.07, 6.45) is 0. The molecule has 0 bridgehead atoms. The summed E-state index contributed by atoms with van der Waals surface area (Å²) in [6, 6.07) is 14.9. The standard InChI is InChI=1S/C19H23N3O2/c1-5-22(17-8-6-7-14(2)13-17)19(24)18(23)20-15-9-11-16(12-10-15)21(3)4/h6-13H,5H2,1-4H3,(H,20,23). The highest BCUT2D eigenvalue weighted by Gasteiger charge is 2.22. The van der Waals surface area contributed by atoms with Crippen LogP contribution < -0.4 is 15.1 Å². The minimum atomic E-state index is -0.643. The molecule has 2 amide bonds. The Labute approximate surface area is 142 Å². The summed E-state index contributed by atoms with van der Waals surface area (Å²) in [5, 5.41) is 2.66. The van der Waals surface area contributed by atoms with Crippen LogP contribution in [0.4, 0.5) is 17.1 Å². The number of aryl methyl sites for hydroxylation is 1. The van der Waals surface area contributed by atoms with Gasteiger partial charge in [-0.3, -0.25) is 9.59 Å². The number of carbonyl (C=O) groups is 2. The monoisotopic (exact) mass is 325 g/mol. The molecule has 5 nitrogen and oxygen atoms in total. The zero-order chi connectivity index (χ0) is 17.7.